The number of nitrogens with one attached hydrogen (secondary N) is 1. The second kappa shape index (κ2) is 6.02. The van der Waals surface area contributed by atoms with Gasteiger partial charge in [0.25, 0.3) is 5.69 Å². The zero-order chi connectivity index (χ0) is 14.6. The van der Waals surface area contributed by atoms with E-state index in [9.17, 15) is 15.2 Å². The molecule has 19 heavy (non-hydrogen) atoms. The summed E-state index contributed by atoms with van der Waals surface area (Å²) in [5.41, 5.74) is 0.839. The lowest BCUT2D eigenvalue weighted by Crippen LogP contribution is -2.35. The van der Waals surface area contributed by atoms with Crippen LogP contribution in [0.3, 0.4) is 0 Å². The van der Waals surface area contributed by atoms with Gasteiger partial charge in [-0.1, -0.05) is 19.9 Å². The van der Waals surface area contributed by atoms with Crippen LogP contribution in [0, 0.1) is 23.0 Å². The van der Waals surface area contributed by atoms with Crippen LogP contribution < -0.4 is 5.32 Å². The maximum atomic E-state index is 10.7. The summed E-state index contributed by atoms with van der Waals surface area (Å²) in [6.07, 6.45) is 0.675. The number of anilines is 1. The van der Waals surface area contributed by atoms with Crippen LogP contribution in [0.25, 0.3) is 0 Å². The lowest BCUT2D eigenvalue weighted by molar-refractivity contribution is -0.384. The molecule has 0 saturated heterocycles. The second-order valence-corrected chi connectivity index (χ2v) is 5.70. The lowest BCUT2D eigenvalue weighted by atomic mass is 9.94. The molecule has 0 aliphatic heterocycles. The van der Waals surface area contributed by atoms with Gasteiger partial charge in [-0.3, -0.25) is 10.1 Å². The van der Waals surface area contributed by atoms with Crippen LogP contribution in [0.2, 0.25) is 0 Å². The smallest absolute Gasteiger partial charge is 0.271 e. The highest BCUT2D eigenvalue weighted by atomic mass is 16.6. The van der Waals surface area contributed by atoms with Gasteiger partial charge in [0, 0.05) is 24.4 Å². The van der Waals surface area contributed by atoms with Gasteiger partial charge < -0.3 is 10.4 Å². The molecule has 0 aromatic heterocycles. The Hall–Kier alpha value is -1.62. The van der Waals surface area contributed by atoms with Crippen molar-refractivity contribution in [1.29, 1.82) is 0 Å². The minimum Gasteiger partial charge on any atom is -0.388 e. The molecule has 1 aromatic rings. The highest BCUT2D eigenvalue weighted by molar-refractivity contribution is 5.56. The Morgan fingerprint density at radius 2 is 2.11 bits per heavy atom. The Morgan fingerprint density at radius 1 is 1.47 bits per heavy atom. The molecule has 0 saturated carbocycles. The largest absolute Gasteiger partial charge is 0.388 e. The van der Waals surface area contributed by atoms with Crippen molar-refractivity contribution >= 4 is 11.4 Å². The third kappa shape index (κ3) is 4.87. The highest BCUT2D eigenvalue weighted by Crippen LogP contribution is 2.23. The fourth-order valence-corrected chi connectivity index (χ4v) is 2.15. The second-order valence-electron chi connectivity index (χ2n) is 5.70. The minimum absolute atomic E-state index is 0.0524. The summed E-state index contributed by atoms with van der Waals surface area (Å²) in [6, 6.07) is 4.69. The number of nitrogens with zero attached hydrogens (tertiary/aromatic N) is 1. The number of nitro benzene ring substituents is 1. The van der Waals surface area contributed by atoms with Gasteiger partial charge in [-0.05, 0) is 31.7 Å². The number of nitro groups is 1. The van der Waals surface area contributed by atoms with Gasteiger partial charge in [0.2, 0.25) is 0 Å². The van der Waals surface area contributed by atoms with Crippen LogP contribution in [0.15, 0.2) is 18.2 Å². The molecule has 5 heteroatoms. The number of non-ortho nitro benzene ring substituents is 1. The van der Waals surface area contributed by atoms with Gasteiger partial charge in [-0.15, -0.1) is 0 Å². The third-order valence-electron chi connectivity index (χ3n) is 2.94. The third-order valence-corrected chi connectivity index (χ3v) is 2.94. The van der Waals surface area contributed by atoms with E-state index >= 15 is 0 Å². The van der Waals surface area contributed by atoms with Crippen LogP contribution in [0.1, 0.15) is 32.8 Å². The van der Waals surface area contributed by atoms with Crippen LogP contribution >= 0.6 is 0 Å². The molecule has 0 aliphatic rings. The first-order valence-electron chi connectivity index (χ1n) is 6.42. The molecule has 1 rings (SSSR count). The number of hydrogen-bond acceptors (Lipinski definition) is 4. The number of aliphatic hydroxyl groups is 1. The molecule has 1 atom stereocenters. The summed E-state index contributed by atoms with van der Waals surface area (Å²) < 4.78 is 0. The van der Waals surface area contributed by atoms with E-state index in [0.29, 0.717) is 24.6 Å². The molecule has 106 valence electrons. The van der Waals surface area contributed by atoms with Gasteiger partial charge >= 0.3 is 0 Å². The number of hydrogen-bond donors (Lipinski definition) is 2. The first-order chi connectivity index (χ1) is 8.71. The van der Waals surface area contributed by atoms with E-state index < -0.39 is 10.5 Å². The van der Waals surface area contributed by atoms with Gasteiger partial charge in [-0.25, -0.2) is 0 Å². The number of rotatable bonds is 6. The van der Waals surface area contributed by atoms with E-state index in [1.807, 2.05) is 20.8 Å². The zero-order valence-electron chi connectivity index (χ0n) is 11.9. The summed E-state index contributed by atoms with van der Waals surface area (Å²) in [5.74, 6) is 0.392. The zero-order valence-corrected chi connectivity index (χ0v) is 11.9. The molecule has 0 aliphatic carbocycles. The molecule has 0 spiro atoms. The Balaban J connectivity index is 2.77. The summed E-state index contributed by atoms with van der Waals surface area (Å²) >= 11 is 0. The maximum Gasteiger partial charge on any atom is 0.271 e. The summed E-state index contributed by atoms with van der Waals surface area (Å²) in [6.45, 7) is 8.11. The Kier molecular flexibility index (Phi) is 4.89. The molecule has 0 amide bonds. The Labute approximate surface area is 113 Å². The van der Waals surface area contributed by atoms with Gasteiger partial charge in [-0.2, -0.15) is 0 Å². The predicted octanol–water partition coefficient (Wildman–Crippen LogP) is 3.11. The monoisotopic (exact) mass is 266 g/mol. The highest BCUT2D eigenvalue weighted by Gasteiger charge is 2.22. The van der Waals surface area contributed by atoms with Crippen molar-refractivity contribution in [3.8, 4) is 0 Å². The summed E-state index contributed by atoms with van der Waals surface area (Å²) in [7, 11) is 0. The van der Waals surface area contributed by atoms with E-state index in [1.165, 1.54) is 12.1 Å². The van der Waals surface area contributed by atoms with Crippen molar-refractivity contribution in [2.45, 2.75) is 39.7 Å². The van der Waals surface area contributed by atoms with Crippen LogP contribution in [-0.4, -0.2) is 22.2 Å². The molecule has 0 heterocycles. The fraction of sp³-hybridized carbons (Fsp3) is 0.571. The topological polar surface area (TPSA) is 75.4 Å². The average Bonchev–Trinajstić information content (AvgIpc) is 2.25. The molecule has 2 N–H and O–H groups in total. The molecule has 1 unspecified atom stereocenters. The molecule has 5 nitrogen and oxygen atoms in total. The Bertz CT molecular complexity index is 456. The number of aryl methyl sites for hydroxylation is 1. The molecule has 0 fully saturated rings. The van der Waals surface area contributed by atoms with Crippen LogP contribution in [0.5, 0.6) is 0 Å². The van der Waals surface area contributed by atoms with Crippen molar-refractivity contribution in [3.63, 3.8) is 0 Å². The van der Waals surface area contributed by atoms with Crippen LogP contribution in [0.4, 0.5) is 11.4 Å². The fourth-order valence-electron chi connectivity index (χ4n) is 2.15. The Morgan fingerprint density at radius 3 is 2.63 bits per heavy atom. The minimum atomic E-state index is -0.828. The van der Waals surface area contributed by atoms with E-state index in [0.717, 1.165) is 5.56 Å². The molecule has 0 bridgehead atoms. The standard InChI is InChI=1S/C14H22N2O3/c1-10(2)8-14(4,17)9-15-13-7-12(16(18)19)6-5-11(13)3/h5-7,10,15,17H,8-9H2,1-4H3. The summed E-state index contributed by atoms with van der Waals surface area (Å²) in [5, 5.41) is 24.1. The first-order valence-corrected chi connectivity index (χ1v) is 6.42. The predicted molar refractivity (Wildman–Crippen MR) is 76.4 cm³/mol. The molecular formula is C14H22N2O3. The number of benzene rings is 1. The van der Waals surface area contributed by atoms with Gasteiger partial charge in [0.15, 0.2) is 0 Å². The van der Waals surface area contributed by atoms with Crippen molar-refractivity contribution in [3.05, 3.63) is 33.9 Å². The normalized spacial score (nSPS) is 14.2. The molecule has 1 aromatic carbocycles. The molecule has 0 radical (unpaired) electrons. The van der Waals surface area contributed by atoms with Crippen molar-refractivity contribution in [1.82, 2.24) is 0 Å². The summed E-state index contributed by atoms with van der Waals surface area (Å²) in [4.78, 5) is 10.3. The van der Waals surface area contributed by atoms with E-state index in [1.54, 1.807) is 13.0 Å². The van der Waals surface area contributed by atoms with E-state index in [4.69, 9.17) is 0 Å². The first kappa shape index (κ1) is 15.4. The van der Waals surface area contributed by atoms with Gasteiger partial charge in [0.05, 0.1) is 10.5 Å². The van der Waals surface area contributed by atoms with Crippen LogP contribution in [-0.2, 0) is 0 Å². The van der Waals surface area contributed by atoms with E-state index in [-0.39, 0.29) is 5.69 Å². The quantitative estimate of drug-likeness (QED) is 0.612. The lowest BCUT2D eigenvalue weighted by Gasteiger charge is -2.26. The van der Waals surface area contributed by atoms with Crippen molar-refractivity contribution < 1.29 is 10.0 Å². The van der Waals surface area contributed by atoms with E-state index in [2.05, 4.69) is 5.32 Å². The maximum absolute atomic E-state index is 10.7. The van der Waals surface area contributed by atoms with Gasteiger partial charge in [0.1, 0.15) is 0 Å². The molecular weight excluding hydrogens is 244 g/mol. The van der Waals surface area contributed by atoms with Crippen molar-refractivity contribution in [2.75, 3.05) is 11.9 Å². The average molecular weight is 266 g/mol. The van der Waals surface area contributed by atoms with Crippen molar-refractivity contribution in [2.24, 2.45) is 5.92 Å². The SMILES string of the molecule is Cc1ccc([N+](=O)[O-])cc1NCC(C)(O)CC(C)C.